The zero-order valence-electron chi connectivity index (χ0n) is 24.5. The van der Waals surface area contributed by atoms with Crippen molar-refractivity contribution in [3.8, 4) is 11.1 Å². The van der Waals surface area contributed by atoms with E-state index in [9.17, 15) is 29.1 Å². The van der Waals surface area contributed by atoms with Gasteiger partial charge < -0.3 is 35.4 Å². The minimum absolute atomic E-state index is 0.0400. The number of carboxylic acid groups (broad SMARTS) is 1. The van der Waals surface area contributed by atoms with E-state index in [1.165, 1.54) is 6.08 Å². The quantitative estimate of drug-likeness (QED) is 0.177. The highest BCUT2D eigenvalue weighted by Gasteiger charge is 2.40. The van der Waals surface area contributed by atoms with Crippen LogP contribution in [0.1, 0.15) is 49.1 Å². The maximum Gasteiger partial charge on any atom is 0.407 e. The third kappa shape index (κ3) is 8.15. The van der Waals surface area contributed by atoms with Crippen molar-refractivity contribution in [2.45, 2.75) is 50.1 Å². The molecule has 0 bridgehead atoms. The molecule has 0 spiro atoms. The molecule has 0 aromatic heterocycles. The number of alkyl carbamates (subject to hydrolysis) is 2. The number of carboxylic acids is 1. The van der Waals surface area contributed by atoms with Gasteiger partial charge in [0.2, 0.25) is 11.8 Å². The normalized spacial score (nSPS) is 17.2. The van der Waals surface area contributed by atoms with Crippen molar-refractivity contribution >= 4 is 30.0 Å². The maximum atomic E-state index is 13.1. The van der Waals surface area contributed by atoms with Gasteiger partial charge in [0.05, 0.1) is 0 Å². The molecule has 44 heavy (non-hydrogen) atoms. The van der Waals surface area contributed by atoms with Gasteiger partial charge in [0, 0.05) is 19.0 Å². The van der Waals surface area contributed by atoms with E-state index in [2.05, 4.69) is 34.7 Å². The largest absolute Gasteiger partial charge is 0.480 e. The number of nitrogens with zero attached hydrogens (tertiary/aromatic N) is 1. The molecule has 0 radical (unpaired) electrons. The number of fused-ring (bicyclic) bond motifs is 3. The van der Waals surface area contributed by atoms with Crippen LogP contribution in [0.15, 0.2) is 61.2 Å². The Balaban J connectivity index is 1.18. The summed E-state index contributed by atoms with van der Waals surface area (Å²) in [5.74, 6) is -2.18. The number of hydrogen-bond donors (Lipinski definition) is 4. The molecule has 1 aliphatic carbocycles. The fourth-order valence-electron chi connectivity index (χ4n) is 5.63. The number of hydrogen-bond acceptors (Lipinski definition) is 7. The summed E-state index contributed by atoms with van der Waals surface area (Å²) in [5.41, 5.74) is 4.54. The third-order valence-electron chi connectivity index (χ3n) is 7.67. The number of unbranched alkanes of at least 4 members (excludes halogenated alkanes) is 1. The predicted molar refractivity (Wildman–Crippen MR) is 161 cm³/mol. The average Bonchev–Trinajstić information content (AvgIpc) is 3.33. The Hall–Kier alpha value is -4.87. The Morgan fingerprint density at radius 3 is 2.14 bits per heavy atom. The molecule has 1 fully saturated rings. The zero-order valence-corrected chi connectivity index (χ0v) is 24.5. The van der Waals surface area contributed by atoms with Crippen LogP contribution in [0, 0.1) is 0 Å². The summed E-state index contributed by atoms with van der Waals surface area (Å²) in [7, 11) is 0. The summed E-state index contributed by atoms with van der Waals surface area (Å²) in [4.78, 5) is 62.4. The van der Waals surface area contributed by atoms with Crippen LogP contribution in [0.25, 0.3) is 11.1 Å². The molecule has 2 atom stereocenters. The van der Waals surface area contributed by atoms with E-state index in [0.29, 0.717) is 25.8 Å². The molecule has 2 aromatic carbocycles. The third-order valence-corrected chi connectivity index (χ3v) is 7.67. The topological polar surface area (TPSA) is 163 Å². The number of nitrogens with one attached hydrogen (secondary N) is 3. The molecule has 0 saturated carbocycles. The standard InChI is InChI=1S/C32H38N4O8/c1-2-18-43-31(41)34-17-9-15-27-29(39)35-26(30(40)36(27)19-28(37)38)14-7-8-16-33-32(42)44-20-25-23-12-5-3-10-21(23)22-11-4-6-13-24(22)25/h2-6,10-13,25-27H,1,7-9,14-20H2,(H,33,42)(H,34,41)(H,35,39)(H,37,38)/t26-,27-/m0/s1. The first-order chi connectivity index (χ1) is 21.3. The summed E-state index contributed by atoms with van der Waals surface area (Å²) >= 11 is 0. The zero-order chi connectivity index (χ0) is 31.5. The minimum Gasteiger partial charge on any atom is -0.480 e. The molecule has 4 N–H and O–H groups in total. The number of aliphatic carboxylic acids is 1. The van der Waals surface area contributed by atoms with E-state index < -0.39 is 48.6 Å². The SMILES string of the molecule is C=CCOC(=O)NCCC[C@H]1C(=O)N[C@@H](CCCCNC(=O)OCC2c3ccccc3-c3ccccc32)C(=O)N1CC(=O)O. The van der Waals surface area contributed by atoms with E-state index >= 15 is 0 Å². The first-order valence-electron chi connectivity index (χ1n) is 14.7. The van der Waals surface area contributed by atoms with Crippen molar-refractivity contribution in [2.75, 3.05) is 32.8 Å². The summed E-state index contributed by atoms with van der Waals surface area (Å²) in [6.07, 6.45) is 2.08. The van der Waals surface area contributed by atoms with Crippen LogP contribution in [0.2, 0.25) is 0 Å². The van der Waals surface area contributed by atoms with E-state index in [1.807, 2.05) is 36.4 Å². The Morgan fingerprint density at radius 2 is 1.50 bits per heavy atom. The molecule has 2 aromatic rings. The first-order valence-corrected chi connectivity index (χ1v) is 14.7. The van der Waals surface area contributed by atoms with Crippen LogP contribution < -0.4 is 16.0 Å². The molecule has 1 saturated heterocycles. The molecular weight excluding hydrogens is 568 g/mol. The number of ether oxygens (including phenoxy) is 2. The highest BCUT2D eigenvalue weighted by Crippen LogP contribution is 2.44. The van der Waals surface area contributed by atoms with E-state index in [1.54, 1.807) is 0 Å². The smallest absolute Gasteiger partial charge is 0.407 e. The van der Waals surface area contributed by atoms with Crippen molar-refractivity contribution in [1.29, 1.82) is 0 Å². The van der Waals surface area contributed by atoms with E-state index in [4.69, 9.17) is 9.47 Å². The van der Waals surface area contributed by atoms with Crippen LogP contribution in [0.5, 0.6) is 0 Å². The van der Waals surface area contributed by atoms with Gasteiger partial charge in [-0.2, -0.15) is 0 Å². The first kappa shape index (κ1) is 32.1. The molecule has 12 heteroatoms. The van der Waals surface area contributed by atoms with Crippen LogP contribution >= 0.6 is 0 Å². The summed E-state index contributed by atoms with van der Waals surface area (Å²) in [5, 5.41) is 17.3. The Bertz CT molecular complexity index is 1330. The monoisotopic (exact) mass is 606 g/mol. The van der Waals surface area contributed by atoms with E-state index in [0.717, 1.165) is 27.2 Å². The van der Waals surface area contributed by atoms with Gasteiger partial charge in [0.25, 0.3) is 0 Å². The number of piperazine rings is 1. The predicted octanol–water partition coefficient (Wildman–Crippen LogP) is 3.17. The average molecular weight is 607 g/mol. The Kier molecular flexibility index (Phi) is 11.3. The van der Waals surface area contributed by atoms with Gasteiger partial charge in [-0.1, -0.05) is 61.2 Å². The van der Waals surface area contributed by atoms with Crippen LogP contribution in [0.4, 0.5) is 9.59 Å². The lowest BCUT2D eigenvalue weighted by Crippen LogP contribution is -2.64. The Morgan fingerprint density at radius 1 is 0.886 bits per heavy atom. The lowest BCUT2D eigenvalue weighted by atomic mass is 9.98. The second-order valence-corrected chi connectivity index (χ2v) is 10.6. The van der Waals surface area contributed by atoms with Gasteiger partial charge in [0.15, 0.2) is 0 Å². The molecule has 0 unspecified atom stereocenters. The fourth-order valence-corrected chi connectivity index (χ4v) is 5.63. The van der Waals surface area contributed by atoms with Gasteiger partial charge in [-0.25, -0.2) is 9.59 Å². The van der Waals surface area contributed by atoms with Crippen molar-refractivity contribution in [3.63, 3.8) is 0 Å². The number of carbonyl (C=O) groups excluding carboxylic acids is 4. The van der Waals surface area contributed by atoms with Gasteiger partial charge in [0.1, 0.15) is 31.8 Å². The maximum absolute atomic E-state index is 13.1. The summed E-state index contributed by atoms with van der Waals surface area (Å²) < 4.78 is 10.4. The highest BCUT2D eigenvalue weighted by atomic mass is 16.6. The summed E-state index contributed by atoms with van der Waals surface area (Å²) in [6, 6.07) is 14.3. The Labute approximate surface area is 255 Å². The van der Waals surface area contributed by atoms with Crippen LogP contribution in [-0.2, 0) is 23.9 Å². The molecule has 4 rings (SSSR count). The molecular formula is C32H38N4O8. The lowest BCUT2D eigenvalue weighted by Gasteiger charge is -2.38. The van der Waals surface area contributed by atoms with Crippen molar-refractivity contribution in [2.24, 2.45) is 0 Å². The second-order valence-electron chi connectivity index (χ2n) is 10.6. The van der Waals surface area contributed by atoms with Gasteiger partial charge in [-0.15, -0.1) is 0 Å². The van der Waals surface area contributed by atoms with Crippen LogP contribution in [0.3, 0.4) is 0 Å². The number of amides is 4. The molecule has 234 valence electrons. The van der Waals surface area contributed by atoms with Crippen molar-refractivity contribution in [3.05, 3.63) is 72.3 Å². The number of rotatable bonds is 15. The molecule has 4 amide bonds. The van der Waals surface area contributed by atoms with E-state index in [-0.39, 0.29) is 38.5 Å². The molecule has 1 aliphatic heterocycles. The highest BCUT2D eigenvalue weighted by molar-refractivity contribution is 5.98. The minimum atomic E-state index is -1.23. The molecule has 12 nitrogen and oxygen atoms in total. The van der Waals surface area contributed by atoms with Gasteiger partial charge in [-0.05, 0) is 54.4 Å². The summed E-state index contributed by atoms with van der Waals surface area (Å²) in [6.45, 7) is 3.62. The number of benzene rings is 2. The van der Waals surface area contributed by atoms with Gasteiger partial charge >= 0.3 is 18.2 Å². The van der Waals surface area contributed by atoms with Crippen LogP contribution in [-0.4, -0.2) is 84.9 Å². The van der Waals surface area contributed by atoms with Crippen molar-refractivity contribution in [1.82, 2.24) is 20.9 Å². The van der Waals surface area contributed by atoms with Gasteiger partial charge in [-0.3, -0.25) is 14.4 Å². The second kappa shape index (κ2) is 15.6. The lowest BCUT2D eigenvalue weighted by molar-refractivity contribution is -0.155. The number of carbonyl (C=O) groups is 5. The van der Waals surface area contributed by atoms with Crippen molar-refractivity contribution < 1.29 is 38.6 Å². The fraction of sp³-hybridized carbons (Fsp3) is 0.406. The molecule has 2 aliphatic rings. The molecule has 1 heterocycles.